The summed E-state index contributed by atoms with van der Waals surface area (Å²) in [5.41, 5.74) is 3.14. The number of ether oxygens (including phenoxy) is 1. The highest BCUT2D eigenvalue weighted by Gasteiger charge is 2.06. The van der Waals surface area contributed by atoms with Gasteiger partial charge in [-0.15, -0.1) is 0 Å². The van der Waals surface area contributed by atoms with Gasteiger partial charge >= 0.3 is 0 Å². The number of fused-ring (bicyclic) bond motifs is 1. The standard InChI is InChI=1S/C16H9N5OS/c17-9-11(10-18)20-21-16-19-14-7-6-13(8-15(14)23-16)22-12-4-2-1-3-5-12/h1-8H,(H,19,21). The van der Waals surface area contributed by atoms with Crippen LogP contribution in [-0.2, 0) is 0 Å². The lowest BCUT2D eigenvalue weighted by molar-refractivity contribution is 0.483. The lowest BCUT2D eigenvalue weighted by Gasteiger charge is -2.04. The Morgan fingerprint density at radius 2 is 1.87 bits per heavy atom. The fraction of sp³-hybridized carbons (Fsp3) is 0. The van der Waals surface area contributed by atoms with E-state index in [1.54, 1.807) is 12.1 Å². The van der Waals surface area contributed by atoms with E-state index < -0.39 is 0 Å². The van der Waals surface area contributed by atoms with Gasteiger partial charge in [-0.25, -0.2) is 4.98 Å². The van der Waals surface area contributed by atoms with Crippen LogP contribution in [0.25, 0.3) is 10.2 Å². The van der Waals surface area contributed by atoms with Gasteiger partial charge in [0.1, 0.15) is 23.6 Å². The van der Waals surface area contributed by atoms with Crippen molar-refractivity contribution < 1.29 is 4.74 Å². The molecule has 0 spiro atoms. The molecule has 0 saturated heterocycles. The third-order valence-corrected chi connectivity index (χ3v) is 3.74. The summed E-state index contributed by atoms with van der Waals surface area (Å²) >= 11 is 1.36. The van der Waals surface area contributed by atoms with Crippen LogP contribution in [-0.4, -0.2) is 10.7 Å². The number of rotatable bonds is 4. The maximum absolute atomic E-state index is 8.64. The average Bonchev–Trinajstić information content (AvgIpc) is 2.99. The van der Waals surface area contributed by atoms with E-state index in [0.29, 0.717) is 10.9 Å². The molecular formula is C16H9N5OS. The van der Waals surface area contributed by atoms with Crippen LogP contribution < -0.4 is 10.2 Å². The summed E-state index contributed by atoms with van der Waals surface area (Å²) in [5, 5.41) is 21.5. The van der Waals surface area contributed by atoms with Crippen LogP contribution in [0.2, 0.25) is 0 Å². The molecule has 6 nitrogen and oxygen atoms in total. The Morgan fingerprint density at radius 3 is 2.61 bits per heavy atom. The van der Waals surface area contributed by atoms with Crippen molar-refractivity contribution in [3.63, 3.8) is 0 Å². The van der Waals surface area contributed by atoms with Crippen LogP contribution >= 0.6 is 11.3 Å². The molecule has 1 heterocycles. The van der Waals surface area contributed by atoms with Gasteiger partial charge in [-0.05, 0) is 24.3 Å². The first-order chi connectivity index (χ1) is 11.3. The van der Waals surface area contributed by atoms with E-state index in [1.165, 1.54) is 11.3 Å². The Morgan fingerprint density at radius 1 is 1.09 bits per heavy atom. The average molecular weight is 319 g/mol. The molecule has 0 radical (unpaired) electrons. The molecule has 1 aromatic heterocycles. The topological polar surface area (TPSA) is 94.1 Å². The quantitative estimate of drug-likeness (QED) is 0.581. The first kappa shape index (κ1) is 14.5. The van der Waals surface area contributed by atoms with Crippen LogP contribution in [0.1, 0.15) is 0 Å². The lowest BCUT2D eigenvalue weighted by Crippen LogP contribution is -1.95. The number of nitrogens with zero attached hydrogens (tertiary/aromatic N) is 4. The van der Waals surface area contributed by atoms with Gasteiger partial charge in [0, 0.05) is 6.07 Å². The second kappa shape index (κ2) is 6.56. The number of nitriles is 2. The van der Waals surface area contributed by atoms with Crippen LogP contribution in [0.5, 0.6) is 11.5 Å². The minimum atomic E-state index is -0.252. The largest absolute Gasteiger partial charge is 0.457 e. The number of thiazole rings is 1. The zero-order chi connectivity index (χ0) is 16.1. The van der Waals surface area contributed by atoms with Crippen molar-refractivity contribution >= 4 is 32.4 Å². The molecule has 2 aromatic carbocycles. The predicted molar refractivity (Wildman–Crippen MR) is 88.4 cm³/mol. The first-order valence-corrected chi connectivity index (χ1v) is 7.37. The van der Waals surface area contributed by atoms with Crippen LogP contribution in [0.4, 0.5) is 5.13 Å². The van der Waals surface area contributed by atoms with Crippen molar-refractivity contribution in [3.05, 3.63) is 48.5 Å². The molecule has 0 saturated carbocycles. The van der Waals surface area contributed by atoms with Crippen molar-refractivity contribution in [2.24, 2.45) is 5.10 Å². The summed E-state index contributed by atoms with van der Waals surface area (Å²) in [6.45, 7) is 0. The molecule has 0 bridgehead atoms. The van der Waals surface area contributed by atoms with Gasteiger partial charge in [0.2, 0.25) is 10.8 Å². The second-order valence-corrected chi connectivity index (χ2v) is 5.39. The highest BCUT2D eigenvalue weighted by atomic mass is 32.1. The normalized spacial score (nSPS) is 9.65. The number of hydrogen-bond donors (Lipinski definition) is 1. The second-order valence-electron chi connectivity index (χ2n) is 4.36. The number of nitrogens with one attached hydrogen (secondary N) is 1. The number of aromatic nitrogens is 1. The zero-order valence-corrected chi connectivity index (χ0v) is 12.5. The lowest BCUT2D eigenvalue weighted by atomic mass is 10.3. The first-order valence-electron chi connectivity index (χ1n) is 6.56. The molecule has 0 aliphatic rings. The van der Waals surface area contributed by atoms with E-state index in [2.05, 4.69) is 15.5 Å². The number of hydrogen-bond acceptors (Lipinski definition) is 7. The molecule has 0 fully saturated rings. The van der Waals surface area contributed by atoms with E-state index >= 15 is 0 Å². The van der Waals surface area contributed by atoms with Gasteiger partial charge in [-0.3, -0.25) is 5.43 Å². The smallest absolute Gasteiger partial charge is 0.237 e. The van der Waals surface area contributed by atoms with Gasteiger partial charge in [-0.2, -0.15) is 15.6 Å². The van der Waals surface area contributed by atoms with Gasteiger partial charge in [0.05, 0.1) is 10.2 Å². The molecule has 0 aliphatic carbocycles. The fourth-order valence-electron chi connectivity index (χ4n) is 1.82. The summed E-state index contributed by atoms with van der Waals surface area (Å²) in [5.74, 6) is 1.46. The molecule has 110 valence electrons. The monoisotopic (exact) mass is 319 g/mol. The molecule has 7 heteroatoms. The Labute approximate surface area is 135 Å². The predicted octanol–water partition coefficient (Wildman–Crippen LogP) is 3.90. The Kier molecular flexibility index (Phi) is 4.14. The number of benzene rings is 2. The fourth-order valence-corrected chi connectivity index (χ4v) is 2.66. The Balaban J connectivity index is 1.83. The van der Waals surface area contributed by atoms with Gasteiger partial charge in [0.15, 0.2) is 0 Å². The summed E-state index contributed by atoms with van der Waals surface area (Å²) in [7, 11) is 0. The van der Waals surface area contributed by atoms with Gasteiger partial charge < -0.3 is 4.74 Å². The molecule has 23 heavy (non-hydrogen) atoms. The third-order valence-electron chi connectivity index (χ3n) is 2.81. The van der Waals surface area contributed by atoms with Crippen molar-refractivity contribution in [1.82, 2.24) is 4.98 Å². The van der Waals surface area contributed by atoms with E-state index in [9.17, 15) is 0 Å². The zero-order valence-electron chi connectivity index (χ0n) is 11.7. The van der Waals surface area contributed by atoms with Crippen molar-refractivity contribution in [3.8, 4) is 23.6 Å². The van der Waals surface area contributed by atoms with Crippen LogP contribution in [0.15, 0.2) is 53.6 Å². The summed E-state index contributed by atoms with van der Waals surface area (Å²) in [6.07, 6.45) is 0. The maximum Gasteiger partial charge on any atom is 0.237 e. The molecule has 3 rings (SSSR count). The van der Waals surface area contributed by atoms with E-state index in [4.69, 9.17) is 15.3 Å². The number of anilines is 1. The Hall–Kier alpha value is -3.42. The van der Waals surface area contributed by atoms with Crippen molar-refractivity contribution in [2.75, 3.05) is 5.43 Å². The van der Waals surface area contributed by atoms with Gasteiger partial charge in [-0.1, -0.05) is 29.5 Å². The highest BCUT2D eigenvalue weighted by Crippen LogP contribution is 2.31. The molecule has 0 unspecified atom stereocenters. The third kappa shape index (κ3) is 3.43. The van der Waals surface area contributed by atoms with E-state index in [-0.39, 0.29) is 5.71 Å². The van der Waals surface area contributed by atoms with Crippen molar-refractivity contribution in [2.45, 2.75) is 0 Å². The SMILES string of the molecule is N#CC(C#N)=NNc1nc2ccc(Oc3ccccc3)cc2s1. The summed E-state index contributed by atoms with van der Waals surface area (Å²) < 4.78 is 6.68. The molecule has 0 aliphatic heterocycles. The van der Waals surface area contributed by atoms with Crippen molar-refractivity contribution in [1.29, 1.82) is 10.5 Å². The van der Waals surface area contributed by atoms with Crippen LogP contribution in [0, 0.1) is 22.7 Å². The number of hydrazone groups is 1. The summed E-state index contributed by atoms with van der Waals surface area (Å²) in [6, 6.07) is 18.4. The molecule has 0 amide bonds. The van der Waals surface area contributed by atoms with Crippen LogP contribution in [0.3, 0.4) is 0 Å². The number of para-hydroxylation sites is 1. The molecule has 3 aromatic rings. The van der Waals surface area contributed by atoms with E-state index in [0.717, 1.165) is 16.0 Å². The Bertz CT molecular complexity index is 934. The molecule has 0 atom stereocenters. The minimum absolute atomic E-state index is 0.252. The minimum Gasteiger partial charge on any atom is -0.457 e. The highest BCUT2D eigenvalue weighted by molar-refractivity contribution is 7.22. The van der Waals surface area contributed by atoms with Gasteiger partial charge in [0.25, 0.3) is 0 Å². The molecule has 1 N–H and O–H groups in total. The molecular weight excluding hydrogens is 310 g/mol. The van der Waals surface area contributed by atoms with E-state index in [1.807, 2.05) is 48.5 Å². The maximum atomic E-state index is 8.64. The summed E-state index contributed by atoms with van der Waals surface area (Å²) in [4.78, 5) is 4.33.